The highest BCUT2D eigenvalue weighted by Gasteiger charge is 2.25. The zero-order chi connectivity index (χ0) is 20.5. The highest BCUT2D eigenvalue weighted by molar-refractivity contribution is 7.99. The molecule has 0 aliphatic carbocycles. The molecule has 5 rings (SSSR count). The van der Waals surface area contributed by atoms with Crippen LogP contribution in [0, 0.1) is 0 Å². The van der Waals surface area contributed by atoms with E-state index in [1.807, 2.05) is 36.0 Å². The van der Waals surface area contributed by atoms with Crippen LogP contribution in [0.4, 0.5) is 5.69 Å². The van der Waals surface area contributed by atoms with E-state index in [-0.39, 0.29) is 11.0 Å². The van der Waals surface area contributed by atoms with Crippen LogP contribution >= 0.6 is 11.8 Å². The average molecular weight is 412 g/mol. The molecule has 1 heterocycles. The van der Waals surface area contributed by atoms with Gasteiger partial charge in [0.2, 0.25) is 0 Å². The van der Waals surface area contributed by atoms with Gasteiger partial charge in [-0.3, -0.25) is 4.99 Å². The van der Waals surface area contributed by atoms with Crippen LogP contribution in [0.15, 0.2) is 94.8 Å². The van der Waals surface area contributed by atoms with Crippen molar-refractivity contribution in [2.75, 3.05) is 7.11 Å². The van der Waals surface area contributed by atoms with Crippen LogP contribution in [0.1, 0.15) is 22.8 Å². The lowest BCUT2D eigenvalue weighted by Gasteiger charge is -2.19. The number of phenols is 1. The van der Waals surface area contributed by atoms with Crippen molar-refractivity contribution in [3.05, 3.63) is 96.1 Å². The Morgan fingerprint density at radius 1 is 0.933 bits per heavy atom. The van der Waals surface area contributed by atoms with E-state index in [1.165, 1.54) is 16.3 Å². The Balaban J connectivity index is 1.66. The van der Waals surface area contributed by atoms with Crippen LogP contribution in [0.25, 0.3) is 10.8 Å². The van der Waals surface area contributed by atoms with E-state index in [0.29, 0.717) is 12.2 Å². The van der Waals surface area contributed by atoms with Crippen molar-refractivity contribution in [1.29, 1.82) is 0 Å². The summed E-state index contributed by atoms with van der Waals surface area (Å²) in [5.74, 6) is 0.819. The number of nitrogens with zero attached hydrogens (tertiary/aromatic N) is 1. The normalized spacial score (nSPS) is 15.9. The van der Waals surface area contributed by atoms with E-state index >= 15 is 0 Å². The molecule has 0 saturated carbocycles. The molecule has 1 aliphatic rings. The van der Waals surface area contributed by atoms with Gasteiger partial charge in [0, 0.05) is 28.2 Å². The Morgan fingerprint density at radius 3 is 2.60 bits per heavy atom. The maximum absolute atomic E-state index is 10.7. The molecule has 148 valence electrons. The summed E-state index contributed by atoms with van der Waals surface area (Å²) in [6.45, 7) is 0. The number of methoxy groups -OCH3 is 1. The van der Waals surface area contributed by atoms with Gasteiger partial charge >= 0.3 is 0 Å². The molecule has 4 heteroatoms. The largest absolute Gasteiger partial charge is 0.507 e. The summed E-state index contributed by atoms with van der Waals surface area (Å²) >= 11 is 1.84. The third-order valence-corrected chi connectivity index (χ3v) is 6.76. The van der Waals surface area contributed by atoms with Gasteiger partial charge in [-0.1, -0.05) is 54.6 Å². The molecule has 0 spiro atoms. The lowest BCUT2D eigenvalue weighted by molar-refractivity contribution is 0.407. The number of hydrogen-bond donors (Lipinski definition) is 1. The fraction of sp³-hybridized carbons (Fsp3) is 0.115. The van der Waals surface area contributed by atoms with Crippen LogP contribution in [-0.4, -0.2) is 17.9 Å². The second-order valence-electron chi connectivity index (χ2n) is 7.29. The topological polar surface area (TPSA) is 41.8 Å². The van der Waals surface area contributed by atoms with Gasteiger partial charge in [0.15, 0.2) is 0 Å². The predicted molar refractivity (Wildman–Crippen MR) is 124 cm³/mol. The molecular formula is C26H21NO2S. The first kappa shape index (κ1) is 18.8. The average Bonchev–Trinajstić information content (AvgIpc) is 2.98. The lowest BCUT2D eigenvalue weighted by Crippen LogP contribution is -2.06. The zero-order valence-corrected chi connectivity index (χ0v) is 17.4. The summed E-state index contributed by atoms with van der Waals surface area (Å²) in [7, 11) is 1.60. The number of para-hydroxylation sites is 1. The first-order valence-electron chi connectivity index (χ1n) is 9.91. The Morgan fingerprint density at radius 2 is 1.73 bits per heavy atom. The second kappa shape index (κ2) is 7.88. The third-order valence-electron chi connectivity index (χ3n) is 5.45. The molecule has 0 bridgehead atoms. The Labute approximate surface area is 180 Å². The molecule has 0 radical (unpaired) electrons. The number of aliphatic imine (C=N–C) groups is 1. The maximum Gasteiger partial charge on any atom is 0.128 e. The van der Waals surface area contributed by atoms with Crippen molar-refractivity contribution < 1.29 is 9.84 Å². The van der Waals surface area contributed by atoms with E-state index in [2.05, 4.69) is 54.6 Å². The minimum atomic E-state index is 0.181. The number of rotatable bonds is 3. The van der Waals surface area contributed by atoms with E-state index in [9.17, 15) is 5.11 Å². The van der Waals surface area contributed by atoms with E-state index < -0.39 is 0 Å². The fourth-order valence-corrected chi connectivity index (χ4v) is 5.24. The maximum atomic E-state index is 10.7. The summed E-state index contributed by atoms with van der Waals surface area (Å²) in [5, 5.41) is 13.4. The van der Waals surface area contributed by atoms with Gasteiger partial charge in [0.05, 0.1) is 18.5 Å². The van der Waals surface area contributed by atoms with Gasteiger partial charge in [-0.25, -0.2) is 0 Å². The van der Waals surface area contributed by atoms with Gasteiger partial charge < -0.3 is 9.84 Å². The van der Waals surface area contributed by atoms with Gasteiger partial charge in [-0.15, -0.1) is 11.8 Å². The van der Waals surface area contributed by atoms with Crippen LogP contribution in [0.5, 0.6) is 11.5 Å². The molecule has 1 unspecified atom stereocenters. The Hall–Kier alpha value is -3.24. The van der Waals surface area contributed by atoms with Gasteiger partial charge in [0.25, 0.3) is 0 Å². The van der Waals surface area contributed by atoms with E-state index in [4.69, 9.17) is 9.73 Å². The van der Waals surface area contributed by atoms with Crippen LogP contribution in [0.2, 0.25) is 0 Å². The van der Waals surface area contributed by atoms with Crippen molar-refractivity contribution in [2.45, 2.75) is 16.6 Å². The van der Waals surface area contributed by atoms with Crippen LogP contribution in [-0.2, 0) is 0 Å². The number of benzene rings is 4. The number of ether oxygens (including phenoxy) is 1. The number of phenolic OH excluding ortho intramolecular Hbond substituents is 1. The van der Waals surface area contributed by atoms with Crippen LogP contribution in [0.3, 0.4) is 0 Å². The van der Waals surface area contributed by atoms with Crippen LogP contribution < -0.4 is 4.74 Å². The van der Waals surface area contributed by atoms with Gasteiger partial charge in [-0.05, 0) is 40.6 Å². The molecule has 4 aromatic carbocycles. The quantitative estimate of drug-likeness (QED) is 0.398. The molecule has 1 aliphatic heterocycles. The molecular weight excluding hydrogens is 390 g/mol. The highest BCUT2D eigenvalue weighted by atomic mass is 32.2. The number of fused-ring (bicyclic) bond motifs is 2. The Bertz CT molecular complexity index is 1260. The first-order chi connectivity index (χ1) is 14.7. The highest BCUT2D eigenvalue weighted by Crippen LogP contribution is 2.47. The van der Waals surface area contributed by atoms with E-state index in [1.54, 1.807) is 13.2 Å². The molecule has 1 atom stereocenters. The summed E-state index contributed by atoms with van der Waals surface area (Å²) in [5.41, 5.74) is 3.86. The van der Waals surface area contributed by atoms with Crippen molar-refractivity contribution >= 4 is 33.9 Å². The van der Waals surface area contributed by atoms with Gasteiger partial charge in [-0.2, -0.15) is 0 Å². The van der Waals surface area contributed by atoms with Crippen molar-refractivity contribution in [2.24, 2.45) is 4.99 Å². The van der Waals surface area contributed by atoms with Crippen molar-refractivity contribution in [3.63, 3.8) is 0 Å². The minimum absolute atomic E-state index is 0.181. The second-order valence-corrected chi connectivity index (χ2v) is 8.53. The summed E-state index contributed by atoms with van der Waals surface area (Å²) < 4.78 is 5.25. The number of hydrogen-bond acceptors (Lipinski definition) is 4. The predicted octanol–water partition coefficient (Wildman–Crippen LogP) is 6.91. The summed E-state index contributed by atoms with van der Waals surface area (Å²) in [6, 6.07) is 28.6. The lowest BCUT2D eigenvalue weighted by atomic mass is 9.96. The first-order valence-corrected chi connectivity index (χ1v) is 10.8. The SMILES string of the molecule is COc1ccc(C2=Nc3ccccc3SC(c3cccc4ccccc34)C2)c(O)c1. The van der Waals surface area contributed by atoms with E-state index in [0.717, 1.165) is 21.9 Å². The standard InChI is InChI=1S/C26H21NO2S/c1-29-18-13-14-21(24(28)15-18)23-16-26(30-25-12-5-4-11-22(25)27-23)20-10-6-8-17-7-2-3-9-19(17)20/h2-15,26,28H,16H2,1H3. The minimum Gasteiger partial charge on any atom is -0.507 e. The fourth-order valence-electron chi connectivity index (χ4n) is 3.97. The molecule has 0 saturated heterocycles. The zero-order valence-electron chi connectivity index (χ0n) is 16.6. The smallest absolute Gasteiger partial charge is 0.128 e. The molecule has 0 fully saturated rings. The number of thioether (sulfide) groups is 1. The number of aromatic hydroxyl groups is 1. The third kappa shape index (κ3) is 3.44. The molecule has 0 amide bonds. The molecule has 4 aromatic rings. The molecule has 0 aromatic heterocycles. The Kier molecular flexibility index (Phi) is 4.93. The monoisotopic (exact) mass is 411 g/mol. The van der Waals surface area contributed by atoms with Gasteiger partial charge in [0.1, 0.15) is 11.5 Å². The summed E-state index contributed by atoms with van der Waals surface area (Å²) in [6.07, 6.45) is 0.716. The molecule has 3 nitrogen and oxygen atoms in total. The molecule has 1 N–H and O–H groups in total. The van der Waals surface area contributed by atoms with Crippen molar-refractivity contribution in [1.82, 2.24) is 0 Å². The van der Waals surface area contributed by atoms with Crippen molar-refractivity contribution in [3.8, 4) is 11.5 Å². The molecule has 30 heavy (non-hydrogen) atoms. The summed E-state index contributed by atoms with van der Waals surface area (Å²) in [4.78, 5) is 6.13.